The third kappa shape index (κ3) is 3.34. The lowest BCUT2D eigenvalue weighted by Crippen LogP contribution is -1.66. The normalized spacial score (nSPS) is 14.5. The van der Waals surface area contributed by atoms with Crippen molar-refractivity contribution in [3.05, 3.63) is 24.3 Å². The summed E-state index contributed by atoms with van der Waals surface area (Å²) in [6.07, 6.45) is 11.0. The molecule has 0 aromatic rings. The van der Waals surface area contributed by atoms with Crippen LogP contribution in [0, 0.1) is 5.41 Å². The number of allylic oxidation sites excluding steroid dienone is 4. The summed E-state index contributed by atoms with van der Waals surface area (Å²) in [7, 11) is 0. The lowest BCUT2D eigenvalue weighted by molar-refractivity contribution is 1.23. The molecule has 8 heavy (non-hydrogen) atoms. The zero-order chi connectivity index (χ0) is 6.24. The summed E-state index contributed by atoms with van der Waals surface area (Å²) in [5.41, 5.74) is 0. The number of rotatable bonds is 0. The van der Waals surface area contributed by atoms with E-state index < -0.39 is 0 Å². The topological polar surface area (TPSA) is 23.9 Å². The molecular weight excluding hydrogens is 98.1 g/mol. The van der Waals surface area contributed by atoms with Gasteiger partial charge in [-0.3, -0.25) is 0 Å². The van der Waals surface area contributed by atoms with Gasteiger partial charge in [0.25, 0.3) is 0 Å². The quantitative estimate of drug-likeness (QED) is 0.364. The highest BCUT2D eigenvalue weighted by Crippen LogP contribution is 1.97. The molecule has 1 nitrogen and oxygen atoms in total. The molecule has 0 aliphatic heterocycles. The van der Waals surface area contributed by atoms with Crippen LogP contribution in [0.5, 0.6) is 0 Å². The van der Waals surface area contributed by atoms with Crippen LogP contribution >= 0.6 is 0 Å². The van der Waals surface area contributed by atoms with E-state index >= 15 is 0 Å². The first kappa shape index (κ1) is 7.15. The predicted octanol–water partition coefficient (Wildman–Crippen LogP) is 2.16. The summed E-state index contributed by atoms with van der Waals surface area (Å²) in [5, 5.41) is 5.50. The Morgan fingerprint density at radius 3 is 1.25 bits per heavy atom. The fraction of sp³-hybridized carbons (Fsp3) is 0.286. The van der Waals surface area contributed by atoms with Gasteiger partial charge in [-0.05, 0) is 19.6 Å². The van der Waals surface area contributed by atoms with Crippen molar-refractivity contribution < 1.29 is 0 Å². The van der Waals surface area contributed by atoms with Crippen LogP contribution in [0.4, 0.5) is 0 Å². The van der Waals surface area contributed by atoms with Gasteiger partial charge in [-0.15, -0.1) is 0 Å². The van der Waals surface area contributed by atoms with Crippen LogP contribution in [0.1, 0.15) is 12.8 Å². The smallest absolute Gasteiger partial charge is 0.0169 e. The monoisotopic (exact) mass is 109 g/mol. The summed E-state index contributed by atoms with van der Waals surface area (Å²) in [6, 6.07) is 0. The molecule has 0 bridgehead atoms. The van der Waals surface area contributed by atoms with Crippen molar-refractivity contribution in [3.8, 4) is 0 Å². The molecule has 0 spiro atoms. The first-order valence-electron chi connectivity index (χ1n) is 2.65. The van der Waals surface area contributed by atoms with Crippen LogP contribution in [-0.2, 0) is 0 Å². The van der Waals surface area contributed by atoms with E-state index in [0.29, 0.717) is 0 Å². The summed E-state index contributed by atoms with van der Waals surface area (Å²) in [6.45, 7) is 2.50. The Bertz CT molecular complexity index is 72.6. The zero-order valence-electron chi connectivity index (χ0n) is 4.93. The Hall–Kier alpha value is -0.850. The highest BCUT2D eigenvalue weighted by Gasteiger charge is 1.76. The molecule has 1 aliphatic carbocycles. The Kier molecular flexibility index (Phi) is 5.50. The molecule has 44 valence electrons. The molecule has 0 fully saturated rings. The van der Waals surface area contributed by atoms with Gasteiger partial charge in [-0.1, -0.05) is 24.3 Å². The van der Waals surface area contributed by atoms with Crippen LogP contribution in [-0.4, -0.2) is 6.72 Å². The minimum absolute atomic E-state index is 1.14. The van der Waals surface area contributed by atoms with Crippen molar-refractivity contribution in [2.75, 3.05) is 0 Å². The fourth-order valence-corrected chi connectivity index (χ4v) is 0.542. The summed E-state index contributed by atoms with van der Waals surface area (Å²) < 4.78 is 0. The SMILES string of the molecule is C1=CCC=CC1.C=N. The molecule has 1 rings (SSSR count). The van der Waals surface area contributed by atoms with Crippen molar-refractivity contribution in [1.29, 1.82) is 5.41 Å². The van der Waals surface area contributed by atoms with Crippen LogP contribution in [0.15, 0.2) is 24.3 Å². The van der Waals surface area contributed by atoms with Crippen molar-refractivity contribution >= 4 is 6.72 Å². The molecule has 0 aromatic carbocycles. The van der Waals surface area contributed by atoms with Gasteiger partial charge in [0.1, 0.15) is 0 Å². The van der Waals surface area contributed by atoms with Gasteiger partial charge in [-0.2, -0.15) is 0 Å². The van der Waals surface area contributed by atoms with Gasteiger partial charge in [0.05, 0.1) is 0 Å². The maximum absolute atomic E-state index is 5.50. The molecule has 0 aromatic heterocycles. The summed E-state index contributed by atoms with van der Waals surface area (Å²) >= 11 is 0. The highest BCUT2D eigenvalue weighted by atomic mass is 14.2. The first-order chi connectivity index (χ1) is 4.00. The highest BCUT2D eigenvalue weighted by molar-refractivity contribution is 5.15. The van der Waals surface area contributed by atoms with E-state index in [-0.39, 0.29) is 0 Å². The maximum Gasteiger partial charge on any atom is -0.0169 e. The van der Waals surface area contributed by atoms with Crippen LogP contribution in [0.3, 0.4) is 0 Å². The van der Waals surface area contributed by atoms with Gasteiger partial charge in [0.15, 0.2) is 0 Å². The third-order valence-corrected chi connectivity index (χ3v) is 0.878. The molecule has 1 heteroatoms. The molecule has 0 unspecified atom stereocenters. The lowest BCUT2D eigenvalue weighted by Gasteiger charge is -1.87. The van der Waals surface area contributed by atoms with Gasteiger partial charge in [0, 0.05) is 0 Å². The average molecular weight is 109 g/mol. The maximum atomic E-state index is 5.50. The van der Waals surface area contributed by atoms with E-state index in [1.165, 1.54) is 0 Å². The predicted molar refractivity (Wildman–Crippen MR) is 37.4 cm³/mol. The fourth-order valence-electron chi connectivity index (χ4n) is 0.542. The van der Waals surface area contributed by atoms with Crippen LogP contribution in [0.25, 0.3) is 0 Å². The number of hydrogen-bond donors (Lipinski definition) is 1. The number of nitrogens with one attached hydrogen (secondary N) is 1. The van der Waals surface area contributed by atoms with E-state index in [0.717, 1.165) is 12.8 Å². The van der Waals surface area contributed by atoms with Crippen molar-refractivity contribution in [2.24, 2.45) is 0 Å². The second-order valence-corrected chi connectivity index (χ2v) is 1.41. The second-order valence-electron chi connectivity index (χ2n) is 1.41. The van der Waals surface area contributed by atoms with Gasteiger partial charge >= 0.3 is 0 Å². The van der Waals surface area contributed by atoms with Crippen LogP contribution < -0.4 is 0 Å². The van der Waals surface area contributed by atoms with E-state index in [4.69, 9.17) is 5.41 Å². The zero-order valence-corrected chi connectivity index (χ0v) is 4.93. The summed E-state index contributed by atoms with van der Waals surface area (Å²) in [5.74, 6) is 0. The van der Waals surface area contributed by atoms with Crippen molar-refractivity contribution in [1.82, 2.24) is 0 Å². The molecule has 1 aliphatic rings. The molecule has 0 heterocycles. The Balaban J connectivity index is 0.000000222. The van der Waals surface area contributed by atoms with E-state index in [9.17, 15) is 0 Å². The van der Waals surface area contributed by atoms with Gasteiger partial charge < -0.3 is 5.41 Å². The second kappa shape index (κ2) is 6.15. The average Bonchev–Trinajstić information content (AvgIpc) is 1.96. The molecule has 0 atom stereocenters. The minimum atomic E-state index is 1.14. The molecule has 0 saturated heterocycles. The Morgan fingerprint density at radius 2 is 1.12 bits per heavy atom. The minimum Gasteiger partial charge on any atom is -0.317 e. The molecule has 0 radical (unpaired) electrons. The number of hydrogen-bond acceptors (Lipinski definition) is 1. The largest absolute Gasteiger partial charge is 0.317 e. The van der Waals surface area contributed by atoms with Crippen LogP contribution in [0.2, 0.25) is 0 Å². The third-order valence-electron chi connectivity index (χ3n) is 0.878. The lowest BCUT2D eigenvalue weighted by atomic mass is 10.2. The summed E-state index contributed by atoms with van der Waals surface area (Å²) in [4.78, 5) is 0. The standard InChI is InChI=1S/C6H8.CH3N/c1-2-4-6-5-3-1;1-2/h1-2,5-6H,3-4H2;2H,1H2. The Morgan fingerprint density at radius 1 is 0.875 bits per heavy atom. The van der Waals surface area contributed by atoms with Gasteiger partial charge in [0.2, 0.25) is 0 Å². The molecule has 0 saturated carbocycles. The van der Waals surface area contributed by atoms with E-state index in [2.05, 4.69) is 31.0 Å². The Labute approximate surface area is 50.2 Å². The van der Waals surface area contributed by atoms with Crippen molar-refractivity contribution in [3.63, 3.8) is 0 Å². The van der Waals surface area contributed by atoms with E-state index in [1.54, 1.807) is 0 Å². The van der Waals surface area contributed by atoms with Gasteiger partial charge in [-0.25, -0.2) is 0 Å². The first-order valence-corrected chi connectivity index (χ1v) is 2.65. The molecule has 1 N–H and O–H groups in total. The molecule has 0 amide bonds. The molecular formula is C7H11N. The van der Waals surface area contributed by atoms with Crippen molar-refractivity contribution in [2.45, 2.75) is 12.8 Å². The van der Waals surface area contributed by atoms with E-state index in [1.807, 2.05) is 0 Å².